The standard InChI is InChI=1S/C34H40N8O2/c1-20-16-22(6-8-24(20)21(2)38-30(43)31-40-32(41-44-31)33(3,4)5)28-27-25-9-7-23(17-26(25)39-29(27)37-19-36-28)42-14-11-34(12-15-42)10-13-35-18-34/h6-9,16-17,19,21,35H,10-15,18H2,1-5H3,(H,38,43)(H,36,37,39)/t21-/m1/s1. The number of hydrogen-bond donors (Lipinski definition) is 3. The van der Waals surface area contributed by atoms with Crippen molar-refractivity contribution >= 4 is 33.5 Å². The average molecular weight is 593 g/mol. The van der Waals surface area contributed by atoms with Gasteiger partial charge in [0.1, 0.15) is 12.0 Å². The molecule has 0 saturated carbocycles. The molecule has 2 aromatic carbocycles. The predicted molar refractivity (Wildman–Crippen MR) is 172 cm³/mol. The Morgan fingerprint density at radius 1 is 1.09 bits per heavy atom. The predicted octanol–water partition coefficient (Wildman–Crippen LogP) is 5.84. The molecule has 0 bridgehead atoms. The van der Waals surface area contributed by atoms with E-state index in [1.807, 2.05) is 33.8 Å². The summed E-state index contributed by atoms with van der Waals surface area (Å²) in [7, 11) is 0. The third-order valence-electron chi connectivity index (χ3n) is 9.54. The molecule has 5 heterocycles. The van der Waals surface area contributed by atoms with Crippen LogP contribution in [-0.4, -0.2) is 57.2 Å². The van der Waals surface area contributed by atoms with E-state index in [1.54, 1.807) is 6.33 Å². The highest BCUT2D eigenvalue weighted by Gasteiger charge is 2.37. The highest BCUT2D eigenvalue weighted by atomic mass is 16.5. The van der Waals surface area contributed by atoms with Crippen molar-refractivity contribution in [3.05, 3.63) is 65.6 Å². The van der Waals surface area contributed by atoms with Crippen molar-refractivity contribution in [2.75, 3.05) is 31.1 Å². The molecule has 228 valence electrons. The van der Waals surface area contributed by atoms with Crippen LogP contribution < -0.4 is 15.5 Å². The van der Waals surface area contributed by atoms with Gasteiger partial charge in [-0.25, -0.2) is 9.97 Å². The Kier molecular flexibility index (Phi) is 6.92. The van der Waals surface area contributed by atoms with Crippen LogP contribution in [0.5, 0.6) is 0 Å². The second-order valence-electron chi connectivity index (χ2n) is 13.7. The van der Waals surface area contributed by atoms with Crippen molar-refractivity contribution in [2.24, 2.45) is 5.41 Å². The van der Waals surface area contributed by atoms with Crippen molar-refractivity contribution < 1.29 is 9.32 Å². The maximum Gasteiger partial charge on any atom is 0.315 e. The molecule has 1 amide bonds. The number of H-pyrrole nitrogens is 1. The zero-order chi connectivity index (χ0) is 30.6. The first-order chi connectivity index (χ1) is 21.1. The maximum atomic E-state index is 12.9. The molecule has 1 spiro atoms. The molecule has 0 aliphatic carbocycles. The van der Waals surface area contributed by atoms with E-state index >= 15 is 0 Å². The van der Waals surface area contributed by atoms with Gasteiger partial charge >= 0.3 is 11.8 Å². The maximum absolute atomic E-state index is 12.9. The van der Waals surface area contributed by atoms with Gasteiger partial charge in [0.05, 0.1) is 17.1 Å². The number of benzene rings is 2. The minimum absolute atomic E-state index is 0.0303. The van der Waals surface area contributed by atoms with Crippen molar-refractivity contribution in [3.8, 4) is 11.3 Å². The van der Waals surface area contributed by atoms with Gasteiger partial charge in [-0.15, -0.1) is 0 Å². The number of aromatic amines is 1. The summed E-state index contributed by atoms with van der Waals surface area (Å²) in [4.78, 5) is 32.5. The van der Waals surface area contributed by atoms with Crippen LogP contribution in [0, 0.1) is 12.3 Å². The molecule has 0 radical (unpaired) electrons. The molecule has 7 rings (SSSR count). The van der Waals surface area contributed by atoms with E-state index in [0.29, 0.717) is 11.2 Å². The number of carbonyl (C=O) groups is 1. The first-order valence-corrected chi connectivity index (χ1v) is 15.6. The Balaban J connectivity index is 1.13. The quantitative estimate of drug-likeness (QED) is 0.233. The van der Waals surface area contributed by atoms with Gasteiger partial charge in [-0.2, -0.15) is 4.98 Å². The zero-order valence-electron chi connectivity index (χ0n) is 26.1. The Hall–Kier alpha value is -4.31. The van der Waals surface area contributed by atoms with E-state index < -0.39 is 0 Å². The second-order valence-corrected chi connectivity index (χ2v) is 13.7. The summed E-state index contributed by atoms with van der Waals surface area (Å²) in [6.07, 6.45) is 5.41. The SMILES string of the molecule is Cc1cc(-c2ncnc3[nH]c4cc(N5CCC6(CCNC6)CC5)ccc4c23)ccc1[C@@H](C)NC(=O)c1nc(C(C)(C)C)no1. The molecule has 2 aliphatic rings. The molecular formula is C34H40N8O2. The van der Waals surface area contributed by atoms with Gasteiger partial charge in [0.25, 0.3) is 0 Å². The number of fused-ring (bicyclic) bond motifs is 3. The summed E-state index contributed by atoms with van der Waals surface area (Å²) in [5.41, 5.74) is 7.28. The lowest BCUT2D eigenvalue weighted by molar-refractivity contribution is 0.0895. The van der Waals surface area contributed by atoms with Gasteiger partial charge < -0.3 is 25.0 Å². The van der Waals surface area contributed by atoms with E-state index in [2.05, 4.69) is 72.9 Å². The van der Waals surface area contributed by atoms with Gasteiger partial charge in [0, 0.05) is 47.2 Å². The van der Waals surface area contributed by atoms with Crippen LogP contribution in [0.3, 0.4) is 0 Å². The zero-order valence-corrected chi connectivity index (χ0v) is 26.1. The number of amides is 1. The van der Waals surface area contributed by atoms with E-state index in [4.69, 9.17) is 9.51 Å². The molecule has 44 heavy (non-hydrogen) atoms. The molecule has 2 saturated heterocycles. The number of anilines is 1. The number of piperidine rings is 1. The van der Waals surface area contributed by atoms with Gasteiger partial charge in [-0.05, 0) is 74.4 Å². The minimum Gasteiger partial charge on any atom is -0.371 e. The minimum atomic E-state index is -0.390. The van der Waals surface area contributed by atoms with E-state index in [0.717, 1.165) is 70.5 Å². The third-order valence-corrected chi connectivity index (χ3v) is 9.54. The Bertz CT molecular complexity index is 1850. The molecule has 10 nitrogen and oxygen atoms in total. The molecule has 3 aromatic heterocycles. The Morgan fingerprint density at radius 3 is 2.61 bits per heavy atom. The summed E-state index contributed by atoms with van der Waals surface area (Å²) < 4.78 is 5.23. The number of nitrogens with zero attached hydrogens (tertiary/aromatic N) is 5. The largest absolute Gasteiger partial charge is 0.371 e. The van der Waals surface area contributed by atoms with Crippen molar-refractivity contribution in [2.45, 2.75) is 65.3 Å². The monoisotopic (exact) mass is 592 g/mol. The lowest BCUT2D eigenvalue weighted by Gasteiger charge is -2.40. The first-order valence-electron chi connectivity index (χ1n) is 15.6. The molecule has 10 heteroatoms. The van der Waals surface area contributed by atoms with Crippen LogP contribution in [0.15, 0.2) is 47.2 Å². The number of rotatable bonds is 5. The fourth-order valence-electron chi connectivity index (χ4n) is 6.86. The molecule has 0 unspecified atom stereocenters. The fourth-order valence-corrected chi connectivity index (χ4v) is 6.86. The lowest BCUT2D eigenvalue weighted by atomic mass is 9.78. The number of carbonyl (C=O) groups excluding carboxylic acids is 1. The lowest BCUT2D eigenvalue weighted by Crippen LogP contribution is -2.41. The average Bonchev–Trinajstić information content (AvgIpc) is 3.76. The van der Waals surface area contributed by atoms with Gasteiger partial charge in [-0.3, -0.25) is 4.79 Å². The summed E-state index contributed by atoms with van der Waals surface area (Å²) in [5, 5.41) is 12.7. The molecule has 5 aromatic rings. The number of aromatic nitrogens is 5. The Labute approximate surface area is 257 Å². The number of aryl methyl sites for hydroxylation is 1. The van der Waals surface area contributed by atoms with E-state index in [1.165, 1.54) is 24.9 Å². The van der Waals surface area contributed by atoms with Crippen molar-refractivity contribution in [3.63, 3.8) is 0 Å². The fraction of sp³-hybridized carbons (Fsp3) is 0.441. The van der Waals surface area contributed by atoms with Crippen LogP contribution in [0.4, 0.5) is 5.69 Å². The summed E-state index contributed by atoms with van der Waals surface area (Å²) >= 11 is 0. The van der Waals surface area contributed by atoms with Crippen LogP contribution in [0.1, 0.15) is 80.6 Å². The molecule has 1 atom stereocenters. The summed E-state index contributed by atoms with van der Waals surface area (Å²) in [5.74, 6) is 0.0819. The topological polar surface area (TPSA) is 125 Å². The number of hydrogen-bond acceptors (Lipinski definition) is 8. The molecule has 2 fully saturated rings. The van der Waals surface area contributed by atoms with Gasteiger partial charge in [-0.1, -0.05) is 44.1 Å². The highest BCUT2D eigenvalue weighted by Crippen LogP contribution is 2.40. The van der Waals surface area contributed by atoms with Crippen molar-refractivity contribution in [1.29, 1.82) is 0 Å². The van der Waals surface area contributed by atoms with Crippen LogP contribution in [0.25, 0.3) is 33.2 Å². The van der Waals surface area contributed by atoms with Gasteiger partial charge in [0.15, 0.2) is 5.82 Å². The molecule has 2 aliphatic heterocycles. The molecule has 3 N–H and O–H groups in total. The van der Waals surface area contributed by atoms with Crippen LogP contribution >= 0.6 is 0 Å². The van der Waals surface area contributed by atoms with Crippen LogP contribution in [-0.2, 0) is 5.41 Å². The summed E-state index contributed by atoms with van der Waals surface area (Å²) in [6, 6.07) is 12.7. The highest BCUT2D eigenvalue weighted by molar-refractivity contribution is 6.12. The smallest absolute Gasteiger partial charge is 0.315 e. The normalized spacial score (nSPS) is 17.5. The molecular weight excluding hydrogens is 552 g/mol. The van der Waals surface area contributed by atoms with Crippen molar-refractivity contribution in [1.82, 2.24) is 35.7 Å². The summed E-state index contributed by atoms with van der Waals surface area (Å²) in [6.45, 7) is 14.4. The van der Waals surface area contributed by atoms with Crippen LogP contribution in [0.2, 0.25) is 0 Å². The number of nitrogens with one attached hydrogen (secondary N) is 3. The Morgan fingerprint density at radius 2 is 1.91 bits per heavy atom. The first kappa shape index (κ1) is 28.5. The van der Waals surface area contributed by atoms with E-state index in [9.17, 15) is 4.79 Å². The third kappa shape index (κ3) is 5.11. The van der Waals surface area contributed by atoms with E-state index in [-0.39, 0.29) is 23.3 Å². The second kappa shape index (κ2) is 10.7. The van der Waals surface area contributed by atoms with Gasteiger partial charge in [0.2, 0.25) is 0 Å².